The van der Waals surface area contributed by atoms with Crippen LogP contribution in [0.4, 0.5) is 16.9 Å². The van der Waals surface area contributed by atoms with Crippen LogP contribution in [0.5, 0.6) is 0 Å². The number of carboxylic acid groups (broad SMARTS) is 1. The normalized spacial score (nSPS) is 11.6. The number of aromatic carboxylic acids is 1. The Morgan fingerprint density at radius 3 is 2.52 bits per heavy atom. The summed E-state index contributed by atoms with van der Waals surface area (Å²) in [4.78, 5) is 29.3. The number of aromatic nitrogens is 5. The molecular formula is C20H21N7O4S2. The van der Waals surface area contributed by atoms with Gasteiger partial charge in [0.15, 0.2) is 26.4 Å². The van der Waals surface area contributed by atoms with E-state index in [0.717, 1.165) is 22.4 Å². The number of nitrogens with zero attached hydrogens (tertiary/aromatic N) is 5. The van der Waals surface area contributed by atoms with Gasteiger partial charge in [-0.15, -0.1) is 0 Å². The molecule has 33 heavy (non-hydrogen) atoms. The third-order valence-corrected chi connectivity index (χ3v) is 7.02. The van der Waals surface area contributed by atoms with Gasteiger partial charge in [0.25, 0.3) is 0 Å². The number of fused-ring (bicyclic) bond motifs is 1. The van der Waals surface area contributed by atoms with E-state index < -0.39 is 15.8 Å². The van der Waals surface area contributed by atoms with Crippen molar-refractivity contribution in [3.05, 3.63) is 46.7 Å². The number of carboxylic acids is 1. The molecule has 0 radical (unpaired) electrons. The second kappa shape index (κ2) is 8.75. The molecule has 0 atom stereocenters. The Kier molecular flexibility index (Phi) is 5.99. The second-order valence-electron chi connectivity index (χ2n) is 7.23. The average molecular weight is 488 g/mol. The first-order chi connectivity index (χ1) is 15.7. The number of anilines is 3. The van der Waals surface area contributed by atoms with Crippen LogP contribution in [0.3, 0.4) is 0 Å². The number of imidazole rings is 1. The highest BCUT2D eigenvalue weighted by atomic mass is 32.2. The maximum Gasteiger partial charge on any atom is 0.347 e. The number of hydrogen-bond acceptors (Lipinski definition) is 10. The van der Waals surface area contributed by atoms with E-state index in [4.69, 9.17) is 0 Å². The zero-order chi connectivity index (χ0) is 23.8. The topological polar surface area (TPSA) is 152 Å². The molecule has 4 rings (SSSR count). The molecular weight excluding hydrogens is 466 g/mol. The maximum atomic E-state index is 11.7. The number of rotatable bonds is 8. The van der Waals surface area contributed by atoms with Crippen molar-refractivity contribution in [2.24, 2.45) is 0 Å². The number of carbonyl (C=O) groups is 1. The Morgan fingerprint density at radius 1 is 1.18 bits per heavy atom. The van der Waals surface area contributed by atoms with E-state index in [2.05, 4.69) is 30.6 Å². The lowest BCUT2D eigenvalue weighted by atomic mass is 10.2. The van der Waals surface area contributed by atoms with Crippen molar-refractivity contribution < 1.29 is 18.3 Å². The van der Waals surface area contributed by atoms with Crippen LogP contribution < -0.4 is 10.6 Å². The predicted molar refractivity (Wildman–Crippen MR) is 125 cm³/mol. The lowest BCUT2D eigenvalue weighted by Crippen LogP contribution is -2.08. The third-order valence-electron chi connectivity index (χ3n) is 4.83. The van der Waals surface area contributed by atoms with Crippen molar-refractivity contribution >= 4 is 55.2 Å². The van der Waals surface area contributed by atoms with Crippen LogP contribution in [0.15, 0.2) is 35.5 Å². The van der Waals surface area contributed by atoms with Crippen LogP contribution in [-0.4, -0.2) is 50.3 Å². The minimum atomic E-state index is -3.26. The largest absolute Gasteiger partial charge is 0.477 e. The average Bonchev–Trinajstić information content (AvgIpc) is 3.34. The van der Waals surface area contributed by atoms with Gasteiger partial charge in [-0.3, -0.25) is 5.32 Å². The molecule has 0 saturated carbocycles. The van der Waals surface area contributed by atoms with Crippen LogP contribution in [-0.2, 0) is 22.9 Å². The highest BCUT2D eigenvalue weighted by Crippen LogP contribution is 2.27. The minimum absolute atomic E-state index is 0.143. The Morgan fingerprint density at radius 2 is 1.91 bits per heavy atom. The van der Waals surface area contributed by atoms with E-state index in [1.165, 1.54) is 6.26 Å². The molecule has 3 heterocycles. The summed E-state index contributed by atoms with van der Waals surface area (Å²) >= 11 is 1.00. The van der Waals surface area contributed by atoms with Crippen molar-refractivity contribution in [3.8, 4) is 0 Å². The van der Waals surface area contributed by atoms with Crippen molar-refractivity contribution in [2.45, 2.75) is 31.8 Å². The van der Waals surface area contributed by atoms with Crippen molar-refractivity contribution in [2.75, 3.05) is 16.9 Å². The molecule has 0 aliphatic rings. The number of aryl methyl sites for hydroxylation is 2. The number of benzene rings is 1. The van der Waals surface area contributed by atoms with Crippen molar-refractivity contribution in [3.63, 3.8) is 0 Å². The van der Waals surface area contributed by atoms with Gasteiger partial charge in [-0.05, 0) is 31.5 Å². The number of nitrogens with one attached hydrogen (secondary N) is 2. The van der Waals surface area contributed by atoms with Crippen LogP contribution in [0, 0.1) is 6.92 Å². The summed E-state index contributed by atoms with van der Waals surface area (Å²) < 4.78 is 25.3. The lowest BCUT2D eigenvalue weighted by Gasteiger charge is -2.11. The summed E-state index contributed by atoms with van der Waals surface area (Å²) in [6, 6.07) is 6.61. The molecule has 0 fully saturated rings. The molecule has 1 aromatic carbocycles. The number of thiazole rings is 1. The fraction of sp³-hybridized carbons (Fsp3) is 0.250. The summed E-state index contributed by atoms with van der Waals surface area (Å²) in [6.45, 7) is 4.66. The molecule has 0 spiro atoms. The predicted octanol–water partition coefficient (Wildman–Crippen LogP) is 3.07. The van der Waals surface area contributed by atoms with E-state index in [0.29, 0.717) is 35.4 Å². The van der Waals surface area contributed by atoms with Crippen molar-refractivity contribution in [1.82, 2.24) is 24.5 Å². The van der Waals surface area contributed by atoms with Crippen molar-refractivity contribution in [1.29, 1.82) is 0 Å². The third kappa shape index (κ3) is 4.78. The lowest BCUT2D eigenvalue weighted by molar-refractivity contribution is 0.0701. The molecule has 0 amide bonds. The molecule has 3 N–H and O–H groups in total. The van der Waals surface area contributed by atoms with E-state index >= 15 is 0 Å². The highest BCUT2D eigenvalue weighted by Gasteiger charge is 2.17. The molecule has 0 aliphatic heterocycles. The first kappa shape index (κ1) is 22.6. The van der Waals surface area contributed by atoms with Crippen LogP contribution in [0.25, 0.3) is 11.2 Å². The molecule has 0 saturated heterocycles. The van der Waals surface area contributed by atoms with E-state index in [-0.39, 0.29) is 15.7 Å². The van der Waals surface area contributed by atoms with Gasteiger partial charge in [0.05, 0.1) is 16.9 Å². The quantitative estimate of drug-likeness (QED) is 0.338. The summed E-state index contributed by atoms with van der Waals surface area (Å²) in [5.41, 5.74) is 2.46. The SMILES string of the molecule is CCn1cnc2nc(Nc3nc(C)c(C(=O)O)s3)nc(NCc3ccc(S(C)(=O)=O)cc3)c21. The number of hydrogen-bond donors (Lipinski definition) is 3. The second-order valence-corrected chi connectivity index (χ2v) is 10.2. The Bertz CT molecular complexity index is 1440. The standard InChI is InChI=1S/C20H21N7O4S2/c1-4-27-10-22-17-14(27)16(21-9-12-5-7-13(8-6-12)33(3,30)31)24-19(25-17)26-20-23-11(2)15(32-20)18(28)29/h5-8,10H,4,9H2,1-3H3,(H,28,29)(H2,21,23,24,25,26). The fourth-order valence-electron chi connectivity index (χ4n) is 3.18. The molecule has 0 unspecified atom stereocenters. The van der Waals surface area contributed by atoms with Gasteiger partial charge >= 0.3 is 5.97 Å². The smallest absolute Gasteiger partial charge is 0.347 e. The van der Waals surface area contributed by atoms with E-state index in [9.17, 15) is 18.3 Å². The molecule has 3 aromatic heterocycles. The van der Waals surface area contributed by atoms with Gasteiger partial charge in [0.1, 0.15) is 10.4 Å². The van der Waals surface area contributed by atoms with E-state index in [1.54, 1.807) is 37.5 Å². The summed E-state index contributed by atoms with van der Waals surface area (Å²) in [6.07, 6.45) is 2.84. The molecule has 13 heteroatoms. The van der Waals surface area contributed by atoms with Gasteiger partial charge in [-0.25, -0.2) is 23.2 Å². The monoisotopic (exact) mass is 487 g/mol. The first-order valence-corrected chi connectivity index (χ1v) is 12.6. The zero-order valence-corrected chi connectivity index (χ0v) is 19.7. The summed E-state index contributed by atoms with van der Waals surface area (Å²) in [5, 5.41) is 15.9. The Balaban J connectivity index is 1.64. The van der Waals surface area contributed by atoms with Gasteiger partial charge in [-0.2, -0.15) is 9.97 Å². The Hall–Kier alpha value is -3.58. The van der Waals surface area contributed by atoms with Gasteiger partial charge in [-0.1, -0.05) is 23.5 Å². The van der Waals surface area contributed by atoms with Crippen LogP contribution in [0.2, 0.25) is 0 Å². The molecule has 172 valence electrons. The maximum absolute atomic E-state index is 11.7. The summed E-state index contributed by atoms with van der Waals surface area (Å²) in [7, 11) is -3.26. The molecule has 0 aliphatic carbocycles. The van der Waals surface area contributed by atoms with Gasteiger partial charge < -0.3 is 15.0 Å². The Labute approximate surface area is 193 Å². The molecule has 4 aromatic rings. The first-order valence-electron chi connectivity index (χ1n) is 9.89. The number of sulfone groups is 1. The highest BCUT2D eigenvalue weighted by molar-refractivity contribution is 7.90. The van der Waals surface area contributed by atoms with Gasteiger partial charge in [0, 0.05) is 19.3 Å². The van der Waals surface area contributed by atoms with Crippen LogP contribution in [0.1, 0.15) is 27.9 Å². The summed E-state index contributed by atoms with van der Waals surface area (Å²) in [5.74, 6) is -0.286. The minimum Gasteiger partial charge on any atom is -0.477 e. The molecule has 11 nitrogen and oxygen atoms in total. The van der Waals surface area contributed by atoms with Gasteiger partial charge in [0.2, 0.25) is 5.95 Å². The molecule has 0 bridgehead atoms. The fourth-order valence-corrected chi connectivity index (χ4v) is 4.61. The zero-order valence-electron chi connectivity index (χ0n) is 18.0. The van der Waals surface area contributed by atoms with E-state index in [1.807, 2.05) is 11.5 Å². The van der Waals surface area contributed by atoms with Crippen LogP contribution >= 0.6 is 11.3 Å².